The number of piperazine rings is 1. The summed E-state index contributed by atoms with van der Waals surface area (Å²) in [5, 5.41) is 3.41. The van der Waals surface area contributed by atoms with E-state index >= 15 is 0 Å². The van der Waals surface area contributed by atoms with E-state index in [1.54, 1.807) is 0 Å². The van der Waals surface area contributed by atoms with Crippen LogP contribution in [0.15, 0.2) is 18.2 Å². The molecule has 0 spiro atoms. The van der Waals surface area contributed by atoms with Gasteiger partial charge in [-0.2, -0.15) is 0 Å². The Bertz CT molecular complexity index is 463. The lowest BCUT2D eigenvalue weighted by atomic mass is 10.1. The molecule has 2 heterocycles. The van der Waals surface area contributed by atoms with E-state index in [1.807, 2.05) is 0 Å². The number of anilines is 1. The van der Waals surface area contributed by atoms with Crippen molar-refractivity contribution in [1.29, 1.82) is 0 Å². The van der Waals surface area contributed by atoms with Gasteiger partial charge in [0.15, 0.2) is 0 Å². The van der Waals surface area contributed by atoms with Gasteiger partial charge in [-0.05, 0) is 31.0 Å². The third-order valence-corrected chi connectivity index (χ3v) is 4.76. The van der Waals surface area contributed by atoms with Gasteiger partial charge in [-0.25, -0.2) is 0 Å². The van der Waals surface area contributed by atoms with Crippen LogP contribution in [0.4, 0.5) is 5.69 Å². The summed E-state index contributed by atoms with van der Waals surface area (Å²) in [7, 11) is 0. The molecule has 1 atom stereocenters. The molecule has 1 N–H and O–H groups in total. The summed E-state index contributed by atoms with van der Waals surface area (Å²) in [6, 6.07) is 6.63. The van der Waals surface area contributed by atoms with Crippen molar-refractivity contribution in [2.45, 2.75) is 20.0 Å². The maximum absolute atomic E-state index is 5.81. The fourth-order valence-electron chi connectivity index (χ4n) is 3.27. The van der Waals surface area contributed by atoms with Crippen LogP contribution in [0.25, 0.3) is 0 Å². The van der Waals surface area contributed by atoms with Gasteiger partial charge in [-0.1, -0.05) is 12.1 Å². The molecule has 1 aromatic carbocycles. The highest BCUT2D eigenvalue weighted by molar-refractivity contribution is 5.56. The van der Waals surface area contributed by atoms with Gasteiger partial charge in [0, 0.05) is 51.5 Å². The van der Waals surface area contributed by atoms with Crippen LogP contribution < -0.4 is 10.2 Å². The highest BCUT2D eigenvalue weighted by Crippen LogP contribution is 2.23. The smallest absolute Gasteiger partial charge is 0.0826 e. The van der Waals surface area contributed by atoms with Crippen LogP contribution in [0.1, 0.15) is 11.1 Å². The van der Waals surface area contributed by atoms with Gasteiger partial charge >= 0.3 is 0 Å². The van der Waals surface area contributed by atoms with E-state index in [0.29, 0.717) is 6.10 Å². The Kier molecular flexibility index (Phi) is 4.78. The van der Waals surface area contributed by atoms with Crippen molar-refractivity contribution in [1.82, 2.24) is 10.2 Å². The second-order valence-electron chi connectivity index (χ2n) is 6.20. The monoisotopic (exact) mass is 289 g/mol. The molecule has 0 saturated carbocycles. The number of ether oxygens (including phenoxy) is 1. The molecule has 0 bridgehead atoms. The molecule has 2 aliphatic heterocycles. The van der Waals surface area contributed by atoms with E-state index in [9.17, 15) is 0 Å². The van der Waals surface area contributed by atoms with E-state index < -0.39 is 0 Å². The van der Waals surface area contributed by atoms with Crippen LogP contribution in [0.5, 0.6) is 0 Å². The molecule has 1 unspecified atom stereocenters. The summed E-state index contributed by atoms with van der Waals surface area (Å²) in [5.74, 6) is 0. The minimum Gasteiger partial charge on any atom is -0.374 e. The Hall–Kier alpha value is -1.10. The van der Waals surface area contributed by atoms with Gasteiger partial charge < -0.3 is 15.0 Å². The first-order chi connectivity index (χ1) is 10.2. The van der Waals surface area contributed by atoms with Crippen LogP contribution in [0, 0.1) is 13.8 Å². The van der Waals surface area contributed by atoms with E-state index in [0.717, 1.165) is 52.4 Å². The summed E-state index contributed by atoms with van der Waals surface area (Å²) in [4.78, 5) is 5.07. The fraction of sp³-hybridized carbons (Fsp3) is 0.647. The molecule has 1 aromatic rings. The topological polar surface area (TPSA) is 27.7 Å². The van der Waals surface area contributed by atoms with Crippen LogP contribution in [-0.4, -0.2) is 63.4 Å². The number of rotatable bonds is 3. The van der Waals surface area contributed by atoms with Crippen molar-refractivity contribution in [2.24, 2.45) is 0 Å². The molecule has 21 heavy (non-hydrogen) atoms. The van der Waals surface area contributed by atoms with Gasteiger partial charge in [0.1, 0.15) is 0 Å². The molecule has 3 rings (SSSR count). The Balaban J connectivity index is 1.53. The van der Waals surface area contributed by atoms with Crippen molar-refractivity contribution in [3.8, 4) is 0 Å². The largest absolute Gasteiger partial charge is 0.374 e. The van der Waals surface area contributed by atoms with E-state index in [1.165, 1.54) is 16.8 Å². The molecule has 0 aliphatic carbocycles. The standard InChI is InChI=1S/C17H27N3O/c1-14-4-3-5-17(15(14)2)20-9-7-19(8-10-20)13-16-12-18-6-11-21-16/h3-5,16,18H,6-13H2,1-2H3. The predicted molar refractivity (Wildman–Crippen MR) is 87.2 cm³/mol. The van der Waals surface area contributed by atoms with Crippen molar-refractivity contribution < 1.29 is 4.74 Å². The molecule has 0 aromatic heterocycles. The lowest BCUT2D eigenvalue weighted by Gasteiger charge is -2.39. The number of morpholine rings is 1. The fourth-order valence-corrected chi connectivity index (χ4v) is 3.27. The van der Waals surface area contributed by atoms with E-state index in [2.05, 4.69) is 47.2 Å². The maximum atomic E-state index is 5.81. The minimum atomic E-state index is 0.367. The zero-order valence-electron chi connectivity index (χ0n) is 13.3. The average Bonchev–Trinajstić information content (AvgIpc) is 2.52. The molecular formula is C17H27N3O. The number of nitrogens with one attached hydrogen (secondary N) is 1. The minimum absolute atomic E-state index is 0.367. The quantitative estimate of drug-likeness (QED) is 0.911. The van der Waals surface area contributed by atoms with E-state index in [-0.39, 0.29) is 0 Å². The van der Waals surface area contributed by atoms with Crippen LogP contribution >= 0.6 is 0 Å². The number of aryl methyl sites for hydroxylation is 1. The molecule has 2 fully saturated rings. The first-order valence-corrected chi connectivity index (χ1v) is 8.10. The number of benzene rings is 1. The molecule has 2 aliphatic rings. The first kappa shape index (κ1) is 14.8. The summed E-state index contributed by atoms with van der Waals surface area (Å²) in [6.07, 6.45) is 0.367. The lowest BCUT2D eigenvalue weighted by molar-refractivity contribution is 0.00465. The van der Waals surface area contributed by atoms with Crippen molar-refractivity contribution in [2.75, 3.05) is 57.3 Å². The highest BCUT2D eigenvalue weighted by Gasteiger charge is 2.22. The third-order valence-electron chi connectivity index (χ3n) is 4.76. The van der Waals surface area contributed by atoms with Gasteiger partial charge in [0.25, 0.3) is 0 Å². The van der Waals surface area contributed by atoms with Crippen LogP contribution in [0.3, 0.4) is 0 Å². The SMILES string of the molecule is Cc1cccc(N2CCN(CC3CNCCO3)CC2)c1C. The Morgan fingerprint density at radius 1 is 1.19 bits per heavy atom. The average molecular weight is 289 g/mol. The normalized spacial score (nSPS) is 24.3. The molecule has 4 nitrogen and oxygen atoms in total. The zero-order valence-corrected chi connectivity index (χ0v) is 13.3. The number of hydrogen-bond donors (Lipinski definition) is 1. The molecule has 116 valence electrons. The number of hydrogen-bond acceptors (Lipinski definition) is 4. The Labute approximate surface area is 128 Å². The predicted octanol–water partition coefficient (Wildman–Crippen LogP) is 1.41. The van der Waals surface area contributed by atoms with Gasteiger partial charge in [-0.15, -0.1) is 0 Å². The molecule has 0 amide bonds. The highest BCUT2D eigenvalue weighted by atomic mass is 16.5. The second-order valence-corrected chi connectivity index (χ2v) is 6.20. The Morgan fingerprint density at radius 3 is 2.71 bits per heavy atom. The number of nitrogens with zero attached hydrogens (tertiary/aromatic N) is 2. The van der Waals surface area contributed by atoms with Crippen LogP contribution in [-0.2, 0) is 4.74 Å². The lowest BCUT2D eigenvalue weighted by Crippen LogP contribution is -2.52. The summed E-state index contributed by atoms with van der Waals surface area (Å²) >= 11 is 0. The summed E-state index contributed by atoms with van der Waals surface area (Å²) in [5.41, 5.74) is 4.22. The first-order valence-electron chi connectivity index (χ1n) is 8.10. The molecule has 0 radical (unpaired) electrons. The van der Waals surface area contributed by atoms with Gasteiger partial charge in [-0.3, -0.25) is 4.90 Å². The van der Waals surface area contributed by atoms with Crippen molar-refractivity contribution in [3.63, 3.8) is 0 Å². The summed E-state index contributed by atoms with van der Waals surface area (Å²) in [6.45, 7) is 12.8. The third kappa shape index (κ3) is 3.57. The molecular weight excluding hydrogens is 262 g/mol. The van der Waals surface area contributed by atoms with Crippen molar-refractivity contribution in [3.05, 3.63) is 29.3 Å². The van der Waals surface area contributed by atoms with E-state index in [4.69, 9.17) is 4.74 Å². The van der Waals surface area contributed by atoms with Crippen molar-refractivity contribution >= 4 is 5.69 Å². The zero-order chi connectivity index (χ0) is 14.7. The molecule has 2 saturated heterocycles. The molecule has 4 heteroatoms. The van der Waals surface area contributed by atoms with Crippen LogP contribution in [0.2, 0.25) is 0 Å². The summed E-state index contributed by atoms with van der Waals surface area (Å²) < 4.78 is 5.81. The maximum Gasteiger partial charge on any atom is 0.0826 e. The Morgan fingerprint density at radius 2 is 2.00 bits per heavy atom. The second kappa shape index (κ2) is 6.77. The van der Waals surface area contributed by atoms with Gasteiger partial charge in [0.2, 0.25) is 0 Å². The van der Waals surface area contributed by atoms with Gasteiger partial charge in [0.05, 0.1) is 12.7 Å².